The molecular formula is C24H24O2. The Hall–Kier alpha value is -2.71. The summed E-state index contributed by atoms with van der Waals surface area (Å²) in [6.45, 7) is 0. The highest BCUT2D eigenvalue weighted by atomic mass is 16.3. The van der Waals surface area contributed by atoms with Gasteiger partial charge in [0.15, 0.2) is 5.78 Å². The summed E-state index contributed by atoms with van der Waals surface area (Å²) in [6.07, 6.45) is 1.62. The van der Waals surface area contributed by atoms with Gasteiger partial charge in [0.25, 0.3) is 0 Å². The van der Waals surface area contributed by atoms with Crippen molar-refractivity contribution in [2.24, 2.45) is 5.92 Å². The summed E-state index contributed by atoms with van der Waals surface area (Å²) in [7, 11) is 0. The Labute approximate surface area is 155 Å². The SMILES string of the molecule is O=C(c1ccccc1)C(CCCc1ccccc1)C(O)c1ccccc1. The number of aliphatic hydroxyl groups is 1. The minimum atomic E-state index is -0.792. The van der Waals surface area contributed by atoms with Crippen LogP contribution in [-0.4, -0.2) is 10.9 Å². The molecular weight excluding hydrogens is 320 g/mol. The van der Waals surface area contributed by atoms with Gasteiger partial charge in [-0.15, -0.1) is 0 Å². The van der Waals surface area contributed by atoms with E-state index in [0.29, 0.717) is 12.0 Å². The number of Topliss-reactive ketones (excluding diaryl/α,β-unsaturated/α-hetero) is 1. The molecule has 26 heavy (non-hydrogen) atoms. The largest absolute Gasteiger partial charge is 0.388 e. The fourth-order valence-electron chi connectivity index (χ4n) is 3.30. The van der Waals surface area contributed by atoms with Gasteiger partial charge >= 0.3 is 0 Å². The third kappa shape index (κ3) is 4.68. The van der Waals surface area contributed by atoms with Gasteiger partial charge in [-0.05, 0) is 30.4 Å². The molecule has 0 aliphatic carbocycles. The van der Waals surface area contributed by atoms with Crippen molar-refractivity contribution in [3.63, 3.8) is 0 Å². The van der Waals surface area contributed by atoms with E-state index < -0.39 is 12.0 Å². The van der Waals surface area contributed by atoms with Gasteiger partial charge in [-0.25, -0.2) is 0 Å². The van der Waals surface area contributed by atoms with Crippen LogP contribution in [0, 0.1) is 5.92 Å². The van der Waals surface area contributed by atoms with Crippen molar-refractivity contribution in [3.8, 4) is 0 Å². The fraction of sp³-hybridized carbons (Fsp3) is 0.208. The Morgan fingerprint density at radius 2 is 1.31 bits per heavy atom. The lowest BCUT2D eigenvalue weighted by Gasteiger charge is -2.22. The second-order valence-corrected chi connectivity index (χ2v) is 6.57. The van der Waals surface area contributed by atoms with Crippen molar-refractivity contribution >= 4 is 5.78 Å². The second-order valence-electron chi connectivity index (χ2n) is 6.57. The zero-order valence-electron chi connectivity index (χ0n) is 14.8. The number of hydrogen-bond acceptors (Lipinski definition) is 2. The Morgan fingerprint density at radius 3 is 1.92 bits per heavy atom. The third-order valence-corrected chi connectivity index (χ3v) is 4.74. The maximum Gasteiger partial charge on any atom is 0.168 e. The van der Waals surface area contributed by atoms with E-state index in [2.05, 4.69) is 12.1 Å². The molecule has 0 saturated heterocycles. The molecule has 3 rings (SSSR count). The highest BCUT2D eigenvalue weighted by Gasteiger charge is 2.28. The third-order valence-electron chi connectivity index (χ3n) is 4.74. The monoisotopic (exact) mass is 344 g/mol. The van der Waals surface area contributed by atoms with Crippen LogP contribution in [0.2, 0.25) is 0 Å². The van der Waals surface area contributed by atoms with E-state index in [4.69, 9.17) is 0 Å². The van der Waals surface area contributed by atoms with E-state index in [9.17, 15) is 9.90 Å². The Morgan fingerprint density at radius 1 is 0.769 bits per heavy atom. The summed E-state index contributed by atoms with van der Waals surface area (Å²) in [4.78, 5) is 13.0. The topological polar surface area (TPSA) is 37.3 Å². The maximum absolute atomic E-state index is 13.0. The molecule has 0 aliphatic rings. The zero-order valence-corrected chi connectivity index (χ0v) is 14.8. The van der Waals surface area contributed by atoms with Gasteiger partial charge in [0.2, 0.25) is 0 Å². The number of carbonyl (C=O) groups is 1. The lowest BCUT2D eigenvalue weighted by Crippen LogP contribution is -2.23. The quantitative estimate of drug-likeness (QED) is 0.567. The van der Waals surface area contributed by atoms with Crippen LogP contribution < -0.4 is 0 Å². The minimum absolute atomic E-state index is 0.00927. The molecule has 132 valence electrons. The minimum Gasteiger partial charge on any atom is -0.388 e. The van der Waals surface area contributed by atoms with E-state index in [1.54, 1.807) is 0 Å². The predicted octanol–water partition coefficient (Wildman–Crippen LogP) is 5.24. The molecule has 1 N–H and O–H groups in total. The molecule has 0 heterocycles. The molecule has 0 aliphatic heterocycles. The molecule has 0 fully saturated rings. The normalized spacial score (nSPS) is 13.1. The summed E-state index contributed by atoms with van der Waals surface area (Å²) < 4.78 is 0. The first-order valence-corrected chi connectivity index (χ1v) is 9.12. The lowest BCUT2D eigenvalue weighted by molar-refractivity contribution is 0.0651. The van der Waals surface area contributed by atoms with Gasteiger partial charge < -0.3 is 5.11 Å². The van der Waals surface area contributed by atoms with Gasteiger partial charge in [-0.3, -0.25) is 4.79 Å². The molecule has 3 aromatic rings. The molecule has 0 radical (unpaired) electrons. The Kier molecular flexibility index (Phi) is 6.34. The molecule has 0 saturated carbocycles. The molecule has 2 nitrogen and oxygen atoms in total. The number of carbonyl (C=O) groups excluding carboxylic acids is 1. The average molecular weight is 344 g/mol. The highest BCUT2D eigenvalue weighted by Crippen LogP contribution is 2.29. The highest BCUT2D eigenvalue weighted by molar-refractivity contribution is 5.98. The zero-order chi connectivity index (χ0) is 18.2. The molecule has 2 heteroatoms. The van der Waals surface area contributed by atoms with Gasteiger partial charge in [-0.1, -0.05) is 91.0 Å². The van der Waals surface area contributed by atoms with Crippen molar-refractivity contribution in [1.82, 2.24) is 0 Å². The summed E-state index contributed by atoms with van der Waals surface area (Å²) in [5.41, 5.74) is 2.71. The first-order valence-electron chi connectivity index (χ1n) is 9.12. The van der Waals surface area contributed by atoms with Gasteiger partial charge in [0, 0.05) is 5.56 Å². The van der Waals surface area contributed by atoms with Crippen LogP contribution in [0.15, 0.2) is 91.0 Å². The number of rotatable bonds is 8. The Bertz CT molecular complexity index is 797. The maximum atomic E-state index is 13.0. The van der Waals surface area contributed by atoms with E-state index in [1.165, 1.54) is 5.56 Å². The van der Waals surface area contributed by atoms with Crippen molar-refractivity contribution in [1.29, 1.82) is 0 Å². The number of benzene rings is 3. The summed E-state index contributed by atoms with van der Waals surface area (Å²) in [5, 5.41) is 10.9. The van der Waals surface area contributed by atoms with Crippen LogP contribution in [0.25, 0.3) is 0 Å². The Balaban J connectivity index is 1.76. The standard InChI is InChI=1S/C24H24O2/c25-23(20-14-6-2-7-15-20)22(24(26)21-16-8-3-9-17-21)18-10-13-19-11-4-1-5-12-19/h1-9,11-12,14-17,22-23,25H,10,13,18H2. The van der Waals surface area contributed by atoms with Crippen molar-refractivity contribution in [2.75, 3.05) is 0 Å². The number of ketones is 1. The molecule has 0 bridgehead atoms. The second kappa shape index (κ2) is 9.12. The summed E-state index contributed by atoms with van der Waals surface area (Å²) in [6, 6.07) is 29.0. The lowest BCUT2D eigenvalue weighted by atomic mass is 9.84. The van der Waals surface area contributed by atoms with Gasteiger partial charge in [0.1, 0.15) is 0 Å². The molecule has 3 aromatic carbocycles. The number of aryl methyl sites for hydroxylation is 1. The molecule has 0 aromatic heterocycles. The van der Waals surface area contributed by atoms with Crippen LogP contribution in [-0.2, 0) is 6.42 Å². The number of hydrogen-bond donors (Lipinski definition) is 1. The van der Waals surface area contributed by atoms with Gasteiger partial charge in [-0.2, -0.15) is 0 Å². The van der Waals surface area contributed by atoms with Crippen molar-refractivity contribution in [3.05, 3.63) is 108 Å². The van der Waals surface area contributed by atoms with Crippen LogP contribution in [0.5, 0.6) is 0 Å². The van der Waals surface area contributed by atoms with Gasteiger partial charge in [0.05, 0.1) is 12.0 Å². The average Bonchev–Trinajstić information content (AvgIpc) is 2.72. The smallest absolute Gasteiger partial charge is 0.168 e. The van der Waals surface area contributed by atoms with Crippen LogP contribution >= 0.6 is 0 Å². The molecule has 2 atom stereocenters. The van der Waals surface area contributed by atoms with E-state index in [1.807, 2.05) is 78.9 Å². The van der Waals surface area contributed by atoms with Crippen LogP contribution in [0.4, 0.5) is 0 Å². The van der Waals surface area contributed by atoms with E-state index in [0.717, 1.165) is 18.4 Å². The van der Waals surface area contributed by atoms with Crippen molar-refractivity contribution < 1.29 is 9.90 Å². The van der Waals surface area contributed by atoms with Crippen LogP contribution in [0.3, 0.4) is 0 Å². The summed E-state index contributed by atoms with van der Waals surface area (Å²) in [5.74, 6) is -0.432. The summed E-state index contributed by atoms with van der Waals surface area (Å²) >= 11 is 0. The molecule has 2 unspecified atom stereocenters. The fourth-order valence-corrected chi connectivity index (χ4v) is 3.30. The van der Waals surface area contributed by atoms with E-state index in [-0.39, 0.29) is 5.78 Å². The first kappa shape index (κ1) is 18.1. The first-order chi connectivity index (χ1) is 12.8. The number of aliphatic hydroxyl groups excluding tert-OH is 1. The van der Waals surface area contributed by atoms with E-state index >= 15 is 0 Å². The molecule has 0 spiro atoms. The predicted molar refractivity (Wildman–Crippen MR) is 105 cm³/mol. The van der Waals surface area contributed by atoms with Crippen LogP contribution in [0.1, 0.15) is 40.4 Å². The molecule has 0 amide bonds. The van der Waals surface area contributed by atoms with Crippen molar-refractivity contribution in [2.45, 2.75) is 25.4 Å².